The van der Waals surface area contributed by atoms with E-state index in [1.165, 1.54) is 0 Å². The van der Waals surface area contributed by atoms with Gasteiger partial charge in [0.1, 0.15) is 6.04 Å². The zero-order valence-corrected chi connectivity index (χ0v) is 6.84. The fraction of sp³-hybridized carbons (Fsp3) is 0.857. The van der Waals surface area contributed by atoms with Gasteiger partial charge in [-0.25, -0.2) is 0 Å². The van der Waals surface area contributed by atoms with E-state index in [0.29, 0.717) is 19.5 Å². The van der Waals surface area contributed by atoms with Crippen molar-refractivity contribution in [2.24, 2.45) is 5.73 Å². The average Bonchev–Trinajstić information content (AvgIpc) is 1.97. The summed E-state index contributed by atoms with van der Waals surface area (Å²) < 4.78 is 0. The van der Waals surface area contributed by atoms with E-state index < -0.39 is 12.0 Å². The van der Waals surface area contributed by atoms with Crippen LogP contribution in [0.4, 0.5) is 0 Å². The molecule has 0 radical (unpaired) electrons. The molecule has 0 spiro atoms. The van der Waals surface area contributed by atoms with E-state index in [1.807, 2.05) is 6.92 Å². The molecular formula is C7H16N2O2. The minimum absolute atomic E-state index is 0.427. The van der Waals surface area contributed by atoms with Gasteiger partial charge < -0.3 is 16.2 Å². The summed E-state index contributed by atoms with van der Waals surface area (Å²) in [6, 6.07) is -0.427. The molecular weight excluding hydrogens is 144 g/mol. The lowest BCUT2D eigenvalue weighted by Crippen LogP contribution is -2.39. The molecule has 0 aliphatic carbocycles. The maximum absolute atomic E-state index is 10.5. The Hall–Kier alpha value is -0.610. The third-order valence-electron chi connectivity index (χ3n) is 1.41. The predicted molar refractivity (Wildman–Crippen MR) is 43.4 cm³/mol. The molecule has 0 rings (SSSR count). The number of rotatable bonds is 6. The number of aliphatic carboxylic acids is 1. The van der Waals surface area contributed by atoms with Crippen LogP contribution in [0.3, 0.4) is 0 Å². The van der Waals surface area contributed by atoms with Crippen LogP contribution in [0, 0.1) is 0 Å². The summed E-state index contributed by atoms with van der Waals surface area (Å²) in [7, 11) is 0. The summed E-state index contributed by atoms with van der Waals surface area (Å²) >= 11 is 0. The van der Waals surface area contributed by atoms with Gasteiger partial charge in [-0.05, 0) is 6.42 Å². The van der Waals surface area contributed by atoms with Crippen molar-refractivity contribution in [2.45, 2.75) is 25.8 Å². The number of hydrogen-bond acceptors (Lipinski definition) is 3. The zero-order chi connectivity index (χ0) is 8.69. The summed E-state index contributed by atoms with van der Waals surface area (Å²) in [5.41, 5.74) is 5.22. The second kappa shape index (κ2) is 6.12. The molecule has 11 heavy (non-hydrogen) atoms. The molecule has 0 fully saturated rings. The van der Waals surface area contributed by atoms with Gasteiger partial charge in [0.2, 0.25) is 0 Å². The molecule has 4 N–H and O–H groups in total. The number of hydrogen-bond donors (Lipinski definition) is 3. The Morgan fingerprint density at radius 1 is 1.73 bits per heavy atom. The van der Waals surface area contributed by atoms with E-state index in [1.54, 1.807) is 0 Å². The van der Waals surface area contributed by atoms with Crippen LogP contribution in [0.1, 0.15) is 19.8 Å². The Bertz CT molecular complexity index is 117. The molecule has 0 saturated carbocycles. The Labute approximate surface area is 66.8 Å². The fourth-order valence-electron chi connectivity index (χ4n) is 0.859. The Balaban J connectivity index is 3.60. The number of carbonyl (C=O) groups is 1. The van der Waals surface area contributed by atoms with Crippen molar-refractivity contribution in [1.82, 2.24) is 5.32 Å². The molecule has 0 aromatic rings. The Kier molecular flexibility index (Phi) is 5.78. The van der Waals surface area contributed by atoms with Gasteiger partial charge >= 0.3 is 5.97 Å². The van der Waals surface area contributed by atoms with E-state index in [4.69, 9.17) is 10.8 Å². The standard InChI is InChI=1S/C7H16N2O2/c1-2-3-6(7(10)11)9-5-4-8/h6,9H,2-5,8H2,1H3,(H,10,11). The molecule has 0 heterocycles. The van der Waals surface area contributed by atoms with Gasteiger partial charge in [-0.15, -0.1) is 0 Å². The van der Waals surface area contributed by atoms with Gasteiger partial charge in [-0.2, -0.15) is 0 Å². The van der Waals surface area contributed by atoms with Crippen molar-refractivity contribution in [3.63, 3.8) is 0 Å². The first-order chi connectivity index (χ1) is 5.22. The minimum Gasteiger partial charge on any atom is -0.480 e. The topological polar surface area (TPSA) is 75.3 Å². The first-order valence-electron chi connectivity index (χ1n) is 3.88. The first-order valence-corrected chi connectivity index (χ1v) is 3.88. The van der Waals surface area contributed by atoms with Gasteiger partial charge in [0.25, 0.3) is 0 Å². The maximum atomic E-state index is 10.5. The second-order valence-corrected chi connectivity index (χ2v) is 2.42. The van der Waals surface area contributed by atoms with Gasteiger partial charge in [0.15, 0.2) is 0 Å². The third-order valence-corrected chi connectivity index (χ3v) is 1.41. The molecule has 4 nitrogen and oxygen atoms in total. The molecule has 0 aliphatic rings. The predicted octanol–water partition coefficient (Wildman–Crippen LogP) is -0.212. The molecule has 1 unspecified atom stereocenters. The molecule has 66 valence electrons. The van der Waals surface area contributed by atoms with Gasteiger partial charge in [0, 0.05) is 13.1 Å². The molecule has 0 aromatic heterocycles. The fourth-order valence-corrected chi connectivity index (χ4v) is 0.859. The van der Waals surface area contributed by atoms with Crippen LogP contribution in [0.15, 0.2) is 0 Å². The van der Waals surface area contributed by atoms with Crippen LogP contribution in [0.25, 0.3) is 0 Å². The third kappa shape index (κ3) is 4.75. The average molecular weight is 160 g/mol. The van der Waals surface area contributed by atoms with E-state index in [2.05, 4.69) is 5.32 Å². The number of carboxylic acids is 1. The highest BCUT2D eigenvalue weighted by Gasteiger charge is 2.13. The molecule has 1 atom stereocenters. The molecule has 0 amide bonds. The molecule has 0 bridgehead atoms. The van der Waals surface area contributed by atoms with Crippen LogP contribution in [-0.4, -0.2) is 30.2 Å². The highest BCUT2D eigenvalue weighted by Crippen LogP contribution is 1.95. The molecule has 4 heteroatoms. The van der Waals surface area contributed by atoms with E-state index in [0.717, 1.165) is 6.42 Å². The van der Waals surface area contributed by atoms with Crippen LogP contribution in [0.5, 0.6) is 0 Å². The van der Waals surface area contributed by atoms with Crippen molar-refractivity contribution < 1.29 is 9.90 Å². The van der Waals surface area contributed by atoms with Gasteiger partial charge in [0.05, 0.1) is 0 Å². The summed E-state index contributed by atoms with van der Waals surface area (Å²) in [5, 5.41) is 11.5. The van der Waals surface area contributed by atoms with Crippen molar-refractivity contribution in [3.8, 4) is 0 Å². The van der Waals surface area contributed by atoms with Gasteiger partial charge in [-0.3, -0.25) is 4.79 Å². The normalized spacial score (nSPS) is 12.9. The number of nitrogens with one attached hydrogen (secondary N) is 1. The quantitative estimate of drug-likeness (QED) is 0.502. The summed E-state index contributed by atoms with van der Waals surface area (Å²) in [5.74, 6) is -0.791. The molecule has 0 saturated heterocycles. The second-order valence-electron chi connectivity index (χ2n) is 2.42. The highest BCUT2D eigenvalue weighted by molar-refractivity contribution is 5.73. The first kappa shape index (κ1) is 10.4. The Morgan fingerprint density at radius 2 is 2.36 bits per heavy atom. The maximum Gasteiger partial charge on any atom is 0.320 e. The SMILES string of the molecule is CCCC(NCCN)C(=O)O. The van der Waals surface area contributed by atoms with Gasteiger partial charge in [-0.1, -0.05) is 13.3 Å². The van der Waals surface area contributed by atoms with Crippen molar-refractivity contribution in [2.75, 3.05) is 13.1 Å². The molecule has 0 aliphatic heterocycles. The van der Waals surface area contributed by atoms with Crippen LogP contribution >= 0.6 is 0 Å². The lowest BCUT2D eigenvalue weighted by molar-refractivity contribution is -0.139. The monoisotopic (exact) mass is 160 g/mol. The summed E-state index contributed by atoms with van der Waals surface area (Å²) in [6.45, 7) is 3.00. The van der Waals surface area contributed by atoms with Crippen molar-refractivity contribution in [1.29, 1.82) is 0 Å². The van der Waals surface area contributed by atoms with Crippen molar-refractivity contribution >= 4 is 5.97 Å². The number of nitrogens with two attached hydrogens (primary N) is 1. The minimum atomic E-state index is -0.791. The zero-order valence-electron chi connectivity index (χ0n) is 6.84. The van der Waals surface area contributed by atoms with E-state index >= 15 is 0 Å². The van der Waals surface area contributed by atoms with E-state index in [-0.39, 0.29) is 0 Å². The van der Waals surface area contributed by atoms with E-state index in [9.17, 15) is 4.79 Å². The smallest absolute Gasteiger partial charge is 0.320 e. The highest BCUT2D eigenvalue weighted by atomic mass is 16.4. The lowest BCUT2D eigenvalue weighted by Gasteiger charge is -2.11. The lowest BCUT2D eigenvalue weighted by atomic mass is 10.2. The van der Waals surface area contributed by atoms with Crippen LogP contribution in [0.2, 0.25) is 0 Å². The Morgan fingerprint density at radius 3 is 2.73 bits per heavy atom. The van der Waals surface area contributed by atoms with Crippen LogP contribution < -0.4 is 11.1 Å². The van der Waals surface area contributed by atoms with Crippen molar-refractivity contribution in [3.05, 3.63) is 0 Å². The number of carboxylic acid groups (broad SMARTS) is 1. The van der Waals surface area contributed by atoms with Crippen LogP contribution in [-0.2, 0) is 4.79 Å². The molecule has 0 aromatic carbocycles. The largest absolute Gasteiger partial charge is 0.480 e. The summed E-state index contributed by atoms with van der Waals surface area (Å²) in [6.07, 6.45) is 1.53. The summed E-state index contributed by atoms with van der Waals surface area (Å²) in [4.78, 5) is 10.5.